The van der Waals surface area contributed by atoms with E-state index >= 15 is 0 Å². The topological polar surface area (TPSA) is 44.1 Å². The van der Waals surface area contributed by atoms with E-state index in [1.807, 2.05) is 0 Å². The van der Waals surface area contributed by atoms with Gasteiger partial charge in [0, 0.05) is 25.0 Å². The summed E-state index contributed by atoms with van der Waals surface area (Å²) in [5, 5.41) is 8.75. The molecule has 0 aromatic rings. The molecule has 0 aliphatic carbocycles. The summed E-state index contributed by atoms with van der Waals surface area (Å²) >= 11 is 0. The summed E-state index contributed by atoms with van der Waals surface area (Å²) in [5.74, 6) is -0.309. The van der Waals surface area contributed by atoms with Gasteiger partial charge in [0.1, 0.15) is 5.92 Å². The van der Waals surface area contributed by atoms with Crippen LogP contribution in [0.25, 0.3) is 0 Å². The molecule has 3 nitrogen and oxygen atoms in total. The van der Waals surface area contributed by atoms with Crippen molar-refractivity contribution < 1.29 is 4.79 Å². The molecular formula is C10H16N2O. The standard InChI is InChI=1S/C10H16N2O/c1-10(2,3)12-5-4-9(13)8(6-11)7-12/h8H,4-5,7H2,1-3H3. The smallest absolute Gasteiger partial charge is 0.152 e. The molecule has 0 amide bonds. The number of nitriles is 1. The second-order valence-electron chi connectivity index (χ2n) is 4.51. The molecular weight excluding hydrogens is 164 g/mol. The van der Waals surface area contributed by atoms with Gasteiger partial charge in [0.25, 0.3) is 0 Å². The molecule has 0 spiro atoms. The van der Waals surface area contributed by atoms with E-state index in [1.54, 1.807) is 0 Å². The van der Waals surface area contributed by atoms with Gasteiger partial charge in [0.05, 0.1) is 6.07 Å². The van der Waals surface area contributed by atoms with Gasteiger partial charge in [-0.25, -0.2) is 0 Å². The number of piperidine rings is 1. The third kappa shape index (κ3) is 2.28. The van der Waals surface area contributed by atoms with Crippen molar-refractivity contribution in [2.24, 2.45) is 5.92 Å². The van der Waals surface area contributed by atoms with Crippen molar-refractivity contribution in [3.63, 3.8) is 0 Å². The highest BCUT2D eigenvalue weighted by atomic mass is 16.1. The normalized spacial score (nSPS) is 25.7. The molecule has 72 valence electrons. The zero-order chi connectivity index (χ0) is 10.1. The number of Topliss-reactive ketones (excluding diaryl/α,β-unsaturated/α-hetero) is 1. The first-order chi connectivity index (χ1) is 5.95. The monoisotopic (exact) mass is 180 g/mol. The van der Waals surface area contributed by atoms with Crippen LogP contribution in [0.4, 0.5) is 0 Å². The van der Waals surface area contributed by atoms with Crippen molar-refractivity contribution in [1.82, 2.24) is 4.90 Å². The maximum atomic E-state index is 11.2. The van der Waals surface area contributed by atoms with Gasteiger partial charge >= 0.3 is 0 Å². The Bertz CT molecular complexity index is 247. The Labute approximate surface area is 79.3 Å². The molecule has 1 unspecified atom stereocenters. The van der Waals surface area contributed by atoms with Crippen LogP contribution in [0.15, 0.2) is 0 Å². The van der Waals surface area contributed by atoms with Gasteiger partial charge in [0.2, 0.25) is 0 Å². The van der Waals surface area contributed by atoms with E-state index in [9.17, 15) is 4.79 Å². The summed E-state index contributed by atoms with van der Waals surface area (Å²) in [6, 6.07) is 2.06. The van der Waals surface area contributed by atoms with Gasteiger partial charge in [-0.15, -0.1) is 0 Å². The first kappa shape index (κ1) is 10.2. The number of hydrogen-bond donors (Lipinski definition) is 0. The fraction of sp³-hybridized carbons (Fsp3) is 0.800. The lowest BCUT2D eigenvalue weighted by Crippen LogP contribution is -2.49. The first-order valence-corrected chi connectivity index (χ1v) is 4.62. The number of nitrogens with zero attached hydrogens (tertiary/aromatic N) is 2. The van der Waals surface area contributed by atoms with E-state index in [1.165, 1.54) is 0 Å². The third-order valence-corrected chi connectivity index (χ3v) is 2.52. The second-order valence-corrected chi connectivity index (χ2v) is 4.51. The number of carbonyl (C=O) groups excluding carboxylic acids is 1. The van der Waals surface area contributed by atoms with Crippen molar-refractivity contribution in [3.05, 3.63) is 0 Å². The van der Waals surface area contributed by atoms with Crippen LogP contribution in [0.5, 0.6) is 0 Å². The Kier molecular flexibility index (Phi) is 2.72. The molecule has 1 rings (SSSR count). The van der Waals surface area contributed by atoms with Crippen LogP contribution in [0, 0.1) is 17.2 Å². The van der Waals surface area contributed by atoms with E-state index < -0.39 is 5.92 Å². The predicted molar refractivity (Wildman–Crippen MR) is 50.1 cm³/mol. The largest absolute Gasteiger partial charge is 0.298 e. The van der Waals surface area contributed by atoms with Crippen molar-refractivity contribution in [2.75, 3.05) is 13.1 Å². The SMILES string of the molecule is CC(C)(C)N1CCC(=O)C(C#N)C1. The van der Waals surface area contributed by atoms with Crippen molar-refractivity contribution >= 4 is 5.78 Å². The van der Waals surface area contributed by atoms with E-state index in [-0.39, 0.29) is 11.3 Å². The summed E-state index contributed by atoms with van der Waals surface area (Å²) < 4.78 is 0. The van der Waals surface area contributed by atoms with Crippen LogP contribution in [0.3, 0.4) is 0 Å². The Morgan fingerprint density at radius 2 is 2.15 bits per heavy atom. The van der Waals surface area contributed by atoms with E-state index in [0.29, 0.717) is 13.0 Å². The summed E-state index contributed by atoms with van der Waals surface area (Å²) in [6.07, 6.45) is 0.523. The Morgan fingerprint density at radius 1 is 1.54 bits per heavy atom. The molecule has 0 N–H and O–H groups in total. The lowest BCUT2D eigenvalue weighted by Gasteiger charge is -2.39. The maximum absolute atomic E-state index is 11.2. The number of hydrogen-bond acceptors (Lipinski definition) is 3. The predicted octanol–water partition coefficient (Wildman–Crippen LogP) is 1.20. The number of likely N-dealkylation sites (tertiary alicyclic amines) is 1. The summed E-state index contributed by atoms with van der Waals surface area (Å²) in [4.78, 5) is 13.4. The molecule has 0 radical (unpaired) electrons. The minimum absolute atomic E-state index is 0.0653. The minimum atomic E-state index is -0.409. The molecule has 1 atom stereocenters. The zero-order valence-electron chi connectivity index (χ0n) is 8.50. The summed E-state index contributed by atoms with van der Waals surface area (Å²) in [6.45, 7) is 7.71. The fourth-order valence-electron chi connectivity index (χ4n) is 1.55. The molecule has 0 aromatic heterocycles. The summed E-state index contributed by atoms with van der Waals surface area (Å²) in [5.41, 5.74) is 0.0653. The Morgan fingerprint density at radius 3 is 2.62 bits per heavy atom. The van der Waals surface area contributed by atoms with Gasteiger partial charge in [-0.2, -0.15) is 5.26 Å². The van der Waals surface area contributed by atoms with Crippen molar-refractivity contribution in [2.45, 2.75) is 32.7 Å². The highest BCUT2D eigenvalue weighted by molar-refractivity contribution is 5.84. The van der Waals surface area contributed by atoms with E-state index in [2.05, 4.69) is 31.7 Å². The van der Waals surface area contributed by atoms with Gasteiger partial charge in [-0.1, -0.05) is 0 Å². The number of rotatable bonds is 0. The van der Waals surface area contributed by atoms with Crippen LogP contribution in [-0.2, 0) is 4.79 Å². The van der Waals surface area contributed by atoms with Crippen molar-refractivity contribution in [3.8, 4) is 6.07 Å². The fourth-order valence-corrected chi connectivity index (χ4v) is 1.55. The highest BCUT2D eigenvalue weighted by Crippen LogP contribution is 2.20. The van der Waals surface area contributed by atoms with Crippen LogP contribution in [0.2, 0.25) is 0 Å². The third-order valence-electron chi connectivity index (χ3n) is 2.52. The van der Waals surface area contributed by atoms with Crippen LogP contribution >= 0.6 is 0 Å². The molecule has 1 saturated heterocycles. The first-order valence-electron chi connectivity index (χ1n) is 4.62. The van der Waals surface area contributed by atoms with Crippen molar-refractivity contribution in [1.29, 1.82) is 5.26 Å². The molecule has 0 aromatic carbocycles. The molecule has 0 bridgehead atoms. The van der Waals surface area contributed by atoms with Gasteiger partial charge in [-0.05, 0) is 20.8 Å². The number of ketones is 1. The van der Waals surface area contributed by atoms with Crippen LogP contribution in [-0.4, -0.2) is 29.3 Å². The number of carbonyl (C=O) groups is 1. The average Bonchev–Trinajstić information content (AvgIpc) is 2.03. The van der Waals surface area contributed by atoms with Crippen LogP contribution in [0.1, 0.15) is 27.2 Å². The zero-order valence-corrected chi connectivity index (χ0v) is 8.50. The van der Waals surface area contributed by atoms with Gasteiger partial charge < -0.3 is 0 Å². The second kappa shape index (κ2) is 3.47. The molecule has 1 aliphatic heterocycles. The van der Waals surface area contributed by atoms with Gasteiger partial charge in [-0.3, -0.25) is 9.69 Å². The van der Waals surface area contributed by atoms with E-state index in [4.69, 9.17) is 5.26 Å². The van der Waals surface area contributed by atoms with E-state index in [0.717, 1.165) is 6.54 Å². The molecule has 0 saturated carbocycles. The van der Waals surface area contributed by atoms with Gasteiger partial charge in [0.15, 0.2) is 5.78 Å². The average molecular weight is 180 g/mol. The highest BCUT2D eigenvalue weighted by Gasteiger charge is 2.32. The molecule has 13 heavy (non-hydrogen) atoms. The molecule has 3 heteroatoms. The minimum Gasteiger partial charge on any atom is -0.298 e. The maximum Gasteiger partial charge on any atom is 0.152 e. The molecule has 1 heterocycles. The van der Waals surface area contributed by atoms with Crippen LogP contribution < -0.4 is 0 Å². The Hall–Kier alpha value is -0.880. The lowest BCUT2D eigenvalue weighted by molar-refractivity contribution is -0.125. The summed E-state index contributed by atoms with van der Waals surface area (Å²) in [7, 11) is 0. The molecule has 1 aliphatic rings. The molecule has 1 fully saturated rings. The lowest BCUT2D eigenvalue weighted by atomic mass is 9.93. The Balaban J connectivity index is 2.67. The quantitative estimate of drug-likeness (QED) is 0.562.